The van der Waals surface area contributed by atoms with Crippen molar-refractivity contribution in [3.8, 4) is 11.4 Å². The molecule has 0 bridgehead atoms. The van der Waals surface area contributed by atoms with Gasteiger partial charge in [0.05, 0.1) is 0 Å². The van der Waals surface area contributed by atoms with E-state index in [0.717, 1.165) is 35.5 Å². The van der Waals surface area contributed by atoms with Crippen LogP contribution in [0.25, 0.3) is 22.4 Å². The third-order valence-corrected chi connectivity index (χ3v) is 6.42. The molecule has 4 rings (SSSR count). The lowest BCUT2D eigenvalue weighted by molar-refractivity contribution is 0.362. The molecule has 1 fully saturated rings. The van der Waals surface area contributed by atoms with Crippen LogP contribution in [-0.2, 0) is 14.1 Å². The first-order valence-corrected chi connectivity index (χ1v) is 10.9. The maximum atomic E-state index is 12.9. The van der Waals surface area contributed by atoms with Gasteiger partial charge >= 0.3 is 5.69 Å². The molecular weight excluding hydrogens is 410 g/mol. The summed E-state index contributed by atoms with van der Waals surface area (Å²) >= 11 is 7.54. The summed E-state index contributed by atoms with van der Waals surface area (Å²) in [6.45, 7) is 3.19. The van der Waals surface area contributed by atoms with Crippen LogP contribution in [-0.4, -0.2) is 49.4 Å². The van der Waals surface area contributed by atoms with Gasteiger partial charge in [-0.2, -0.15) is 0 Å². The van der Waals surface area contributed by atoms with Gasteiger partial charge < -0.3 is 4.90 Å². The fraction of sp³-hybridized carbons (Fsp3) is 0.400. The molecule has 1 aromatic carbocycles. The Kier molecular flexibility index (Phi) is 5.76. The lowest BCUT2D eigenvalue weighted by Crippen LogP contribution is -2.37. The van der Waals surface area contributed by atoms with Crippen molar-refractivity contribution in [3.63, 3.8) is 0 Å². The Morgan fingerprint density at radius 1 is 1.03 bits per heavy atom. The van der Waals surface area contributed by atoms with Gasteiger partial charge in [-0.3, -0.25) is 13.9 Å². The highest BCUT2D eigenvalue weighted by atomic mass is 35.5. The largest absolute Gasteiger partial charge is 0.332 e. The van der Waals surface area contributed by atoms with Crippen molar-refractivity contribution in [3.05, 3.63) is 50.1 Å². The summed E-state index contributed by atoms with van der Waals surface area (Å²) in [7, 11) is 3.11. The third-order valence-electron chi connectivity index (χ3n) is 5.21. The Morgan fingerprint density at radius 2 is 1.72 bits per heavy atom. The number of nitrogens with zero attached hydrogens (tertiary/aromatic N) is 5. The molecule has 9 heteroatoms. The summed E-state index contributed by atoms with van der Waals surface area (Å²) in [5, 5.41) is 1.62. The van der Waals surface area contributed by atoms with Crippen LogP contribution in [0.3, 0.4) is 0 Å². The van der Waals surface area contributed by atoms with Gasteiger partial charge in [-0.1, -0.05) is 11.6 Å². The van der Waals surface area contributed by atoms with Gasteiger partial charge in [-0.15, -0.1) is 11.8 Å². The van der Waals surface area contributed by atoms with Gasteiger partial charge in [0, 0.05) is 37.0 Å². The SMILES string of the molecule is Cn1c(=O)c2c(SCCN3CCCC3)nc(-c3ccc(Cl)cc3)nc2n(C)c1=O. The van der Waals surface area contributed by atoms with Crippen LogP contribution >= 0.6 is 23.4 Å². The predicted octanol–water partition coefficient (Wildman–Crippen LogP) is 2.54. The van der Waals surface area contributed by atoms with Crippen molar-refractivity contribution in [2.75, 3.05) is 25.4 Å². The molecule has 0 radical (unpaired) electrons. The average Bonchev–Trinajstić information content (AvgIpc) is 3.24. The molecule has 0 amide bonds. The van der Waals surface area contributed by atoms with Gasteiger partial charge in [0.2, 0.25) is 0 Å². The number of hydrogen-bond acceptors (Lipinski definition) is 6. The Labute approximate surface area is 177 Å². The molecule has 29 heavy (non-hydrogen) atoms. The number of halogens is 1. The number of benzene rings is 1. The first-order chi connectivity index (χ1) is 14.0. The van der Waals surface area contributed by atoms with Crippen LogP contribution in [0.2, 0.25) is 5.02 Å². The molecule has 0 saturated carbocycles. The lowest BCUT2D eigenvalue weighted by Gasteiger charge is -2.15. The normalized spacial score (nSPS) is 14.7. The number of aryl methyl sites for hydroxylation is 1. The van der Waals surface area contributed by atoms with Crippen molar-refractivity contribution >= 4 is 34.4 Å². The Morgan fingerprint density at radius 3 is 2.41 bits per heavy atom. The monoisotopic (exact) mass is 431 g/mol. The molecule has 1 aliphatic rings. The van der Waals surface area contributed by atoms with Crippen LogP contribution in [0.4, 0.5) is 0 Å². The molecule has 2 aromatic heterocycles. The van der Waals surface area contributed by atoms with Crippen LogP contribution in [0.5, 0.6) is 0 Å². The standard InChI is InChI=1S/C20H22ClN5O2S/c1-24-17-15(19(27)25(2)20(24)28)18(29-12-11-26-9-3-4-10-26)23-16(22-17)13-5-7-14(21)8-6-13/h5-8H,3-4,9-12H2,1-2H3. The van der Waals surface area contributed by atoms with Crippen LogP contribution in [0.15, 0.2) is 38.9 Å². The predicted molar refractivity (Wildman–Crippen MR) is 117 cm³/mol. The molecule has 0 atom stereocenters. The van der Waals surface area contributed by atoms with E-state index in [1.165, 1.54) is 36.2 Å². The molecule has 0 N–H and O–H groups in total. The first-order valence-electron chi connectivity index (χ1n) is 9.54. The van der Waals surface area contributed by atoms with E-state index in [9.17, 15) is 9.59 Å². The van der Waals surface area contributed by atoms with E-state index >= 15 is 0 Å². The van der Waals surface area contributed by atoms with Crippen molar-refractivity contribution < 1.29 is 0 Å². The number of aromatic nitrogens is 4. The number of fused-ring (bicyclic) bond motifs is 1. The quantitative estimate of drug-likeness (QED) is 0.456. The van der Waals surface area contributed by atoms with Crippen molar-refractivity contribution in [1.82, 2.24) is 24.0 Å². The summed E-state index contributed by atoms with van der Waals surface area (Å²) in [4.78, 5) is 37.0. The molecule has 0 aliphatic carbocycles. The minimum absolute atomic E-state index is 0.349. The fourth-order valence-electron chi connectivity index (χ4n) is 3.54. The number of hydrogen-bond donors (Lipinski definition) is 0. The van der Waals surface area contributed by atoms with E-state index in [4.69, 9.17) is 16.6 Å². The highest BCUT2D eigenvalue weighted by molar-refractivity contribution is 7.99. The second-order valence-electron chi connectivity index (χ2n) is 7.16. The van der Waals surface area contributed by atoms with Crippen molar-refractivity contribution in [1.29, 1.82) is 0 Å². The summed E-state index contributed by atoms with van der Waals surface area (Å²) in [6, 6.07) is 7.21. The molecule has 1 aliphatic heterocycles. The highest BCUT2D eigenvalue weighted by Gasteiger charge is 2.19. The highest BCUT2D eigenvalue weighted by Crippen LogP contribution is 2.27. The Hall–Kier alpha value is -2.16. The molecule has 152 valence electrons. The van der Waals surface area contributed by atoms with Gasteiger partial charge in [0.1, 0.15) is 10.4 Å². The maximum absolute atomic E-state index is 12.9. The number of thioether (sulfide) groups is 1. The smallest absolute Gasteiger partial charge is 0.303 e. The van der Waals surface area contributed by atoms with E-state index in [1.54, 1.807) is 19.2 Å². The topological polar surface area (TPSA) is 73.0 Å². The van der Waals surface area contributed by atoms with Gasteiger partial charge in [-0.05, 0) is 50.2 Å². The zero-order chi connectivity index (χ0) is 20.5. The van der Waals surface area contributed by atoms with Crippen molar-refractivity contribution in [2.24, 2.45) is 14.1 Å². The minimum atomic E-state index is -0.406. The van der Waals surface area contributed by atoms with E-state index in [2.05, 4.69) is 9.88 Å². The molecule has 0 spiro atoms. The van der Waals surface area contributed by atoms with Crippen LogP contribution < -0.4 is 11.2 Å². The van der Waals surface area contributed by atoms with Gasteiger partial charge in [0.25, 0.3) is 5.56 Å². The summed E-state index contributed by atoms with van der Waals surface area (Å²) in [5.41, 5.74) is 0.359. The Balaban J connectivity index is 1.82. The van der Waals surface area contributed by atoms with Gasteiger partial charge in [0.15, 0.2) is 11.5 Å². The first kappa shape index (κ1) is 20.1. The number of likely N-dealkylation sites (tertiary alicyclic amines) is 1. The van der Waals surface area contributed by atoms with E-state index < -0.39 is 5.69 Å². The summed E-state index contributed by atoms with van der Waals surface area (Å²) in [6.07, 6.45) is 2.48. The Bertz CT molecular complexity index is 1170. The molecular formula is C20H22ClN5O2S. The van der Waals surface area contributed by atoms with Gasteiger partial charge in [-0.25, -0.2) is 14.8 Å². The van der Waals surface area contributed by atoms with Crippen LogP contribution in [0, 0.1) is 0 Å². The molecule has 3 heterocycles. The molecule has 3 aromatic rings. The average molecular weight is 432 g/mol. The van der Waals surface area contributed by atoms with E-state index in [-0.39, 0.29) is 5.56 Å². The third kappa shape index (κ3) is 3.97. The molecule has 7 nitrogen and oxygen atoms in total. The van der Waals surface area contributed by atoms with E-state index in [0.29, 0.717) is 26.9 Å². The lowest BCUT2D eigenvalue weighted by atomic mass is 10.2. The minimum Gasteiger partial charge on any atom is -0.303 e. The summed E-state index contributed by atoms with van der Waals surface area (Å²) < 4.78 is 2.51. The second kappa shape index (κ2) is 8.30. The fourth-order valence-corrected chi connectivity index (χ4v) is 4.68. The van der Waals surface area contributed by atoms with Crippen LogP contribution in [0.1, 0.15) is 12.8 Å². The zero-order valence-corrected chi connectivity index (χ0v) is 18.0. The summed E-state index contributed by atoms with van der Waals surface area (Å²) in [5.74, 6) is 1.29. The number of rotatable bonds is 5. The zero-order valence-electron chi connectivity index (χ0n) is 16.4. The van der Waals surface area contributed by atoms with Crippen molar-refractivity contribution in [2.45, 2.75) is 17.9 Å². The molecule has 0 unspecified atom stereocenters. The van der Waals surface area contributed by atoms with E-state index in [1.807, 2.05) is 12.1 Å². The molecule has 1 saturated heterocycles. The maximum Gasteiger partial charge on any atom is 0.332 e. The second-order valence-corrected chi connectivity index (χ2v) is 8.68.